The Morgan fingerprint density at radius 3 is 2.54 bits per heavy atom. The molecule has 0 saturated heterocycles. The Labute approximate surface area is 148 Å². The van der Waals surface area contributed by atoms with E-state index in [9.17, 15) is 5.11 Å². The van der Waals surface area contributed by atoms with Crippen molar-refractivity contribution in [1.29, 1.82) is 0 Å². The first-order valence-electron chi connectivity index (χ1n) is 8.32. The van der Waals surface area contributed by atoms with Crippen LogP contribution in [0.25, 0.3) is 0 Å². The highest BCUT2D eigenvalue weighted by Crippen LogP contribution is 2.33. The van der Waals surface area contributed by atoms with Crippen molar-refractivity contribution in [2.24, 2.45) is 10.9 Å². The third-order valence-electron chi connectivity index (χ3n) is 4.45. The molecule has 3 rings (SSSR count). The molecule has 126 valence electrons. The highest BCUT2D eigenvalue weighted by molar-refractivity contribution is 6.30. The van der Waals surface area contributed by atoms with Gasteiger partial charge in [0.15, 0.2) is 0 Å². The quantitative estimate of drug-likeness (QED) is 0.836. The maximum atomic E-state index is 10.3. The topological polar surface area (TPSA) is 44.6 Å². The fourth-order valence-corrected chi connectivity index (χ4v) is 3.18. The molecule has 0 aromatic heterocycles. The zero-order chi connectivity index (χ0) is 17.3. The summed E-state index contributed by atoms with van der Waals surface area (Å²) < 4.78 is 0. The lowest BCUT2D eigenvalue weighted by Crippen LogP contribution is -2.41. The number of rotatable bonds is 3. The molecule has 2 aromatic rings. The van der Waals surface area contributed by atoms with Gasteiger partial charge in [-0.05, 0) is 36.6 Å². The lowest BCUT2D eigenvalue weighted by molar-refractivity contribution is 0.345. The predicted octanol–water partition coefficient (Wildman–Crippen LogP) is 4.86. The van der Waals surface area contributed by atoms with Crippen molar-refractivity contribution in [3.63, 3.8) is 0 Å². The van der Waals surface area contributed by atoms with E-state index in [0.717, 1.165) is 23.3 Å². The number of aliphatic imine (C=N–C) groups is 1. The van der Waals surface area contributed by atoms with Crippen LogP contribution in [0, 0.1) is 12.8 Å². The van der Waals surface area contributed by atoms with E-state index in [-0.39, 0.29) is 18.0 Å². The van der Waals surface area contributed by atoms with Gasteiger partial charge in [0.2, 0.25) is 0 Å². The SMILES string of the molecule is Cc1ccc(C2=NC(C(C)C)NC(c3cc(Cl)ccc3O)C2)cc1. The normalized spacial score (nSPS) is 21.0. The minimum Gasteiger partial charge on any atom is -0.508 e. The minimum atomic E-state index is -0.00935. The number of aromatic hydroxyl groups is 1. The summed E-state index contributed by atoms with van der Waals surface area (Å²) in [4.78, 5) is 4.90. The zero-order valence-electron chi connectivity index (χ0n) is 14.3. The summed E-state index contributed by atoms with van der Waals surface area (Å²) >= 11 is 6.14. The van der Waals surface area contributed by atoms with Gasteiger partial charge < -0.3 is 5.11 Å². The zero-order valence-corrected chi connectivity index (χ0v) is 15.0. The Morgan fingerprint density at radius 1 is 1.17 bits per heavy atom. The molecule has 1 heterocycles. The van der Waals surface area contributed by atoms with Gasteiger partial charge in [-0.1, -0.05) is 55.3 Å². The van der Waals surface area contributed by atoms with Crippen molar-refractivity contribution in [3.05, 3.63) is 64.2 Å². The first-order chi connectivity index (χ1) is 11.4. The highest BCUT2D eigenvalue weighted by Gasteiger charge is 2.28. The molecular formula is C20H23ClN2O. The van der Waals surface area contributed by atoms with Gasteiger partial charge in [0.25, 0.3) is 0 Å². The van der Waals surface area contributed by atoms with Gasteiger partial charge in [-0.15, -0.1) is 0 Å². The molecule has 4 heteroatoms. The number of hydrogen-bond acceptors (Lipinski definition) is 3. The van der Waals surface area contributed by atoms with Gasteiger partial charge in [0, 0.05) is 28.8 Å². The lowest BCUT2D eigenvalue weighted by atomic mass is 9.92. The van der Waals surface area contributed by atoms with E-state index < -0.39 is 0 Å². The van der Waals surface area contributed by atoms with Crippen LogP contribution in [0.1, 0.15) is 43.0 Å². The fourth-order valence-electron chi connectivity index (χ4n) is 3.00. The molecule has 3 nitrogen and oxygen atoms in total. The van der Waals surface area contributed by atoms with E-state index >= 15 is 0 Å². The van der Waals surface area contributed by atoms with E-state index in [1.807, 2.05) is 6.07 Å². The molecule has 2 aromatic carbocycles. The third-order valence-corrected chi connectivity index (χ3v) is 4.68. The van der Waals surface area contributed by atoms with Crippen molar-refractivity contribution in [3.8, 4) is 5.75 Å². The smallest absolute Gasteiger partial charge is 0.120 e. The molecule has 2 N–H and O–H groups in total. The summed E-state index contributed by atoms with van der Waals surface area (Å²) in [5, 5.41) is 14.4. The molecule has 1 aliphatic rings. The number of nitrogens with one attached hydrogen (secondary N) is 1. The van der Waals surface area contributed by atoms with E-state index in [0.29, 0.717) is 10.9 Å². The van der Waals surface area contributed by atoms with Gasteiger partial charge in [0.05, 0.1) is 0 Å². The second-order valence-corrected chi connectivity index (χ2v) is 7.19. The van der Waals surface area contributed by atoms with Gasteiger partial charge in [-0.2, -0.15) is 0 Å². The van der Waals surface area contributed by atoms with Gasteiger partial charge in [0.1, 0.15) is 11.9 Å². The Bertz CT molecular complexity index is 753. The predicted molar refractivity (Wildman–Crippen MR) is 100.0 cm³/mol. The van der Waals surface area contributed by atoms with E-state index in [1.165, 1.54) is 5.56 Å². The van der Waals surface area contributed by atoms with Crippen molar-refractivity contribution in [1.82, 2.24) is 5.32 Å². The molecular weight excluding hydrogens is 320 g/mol. The van der Waals surface area contributed by atoms with Gasteiger partial charge in [-0.3, -0.25) is 10.3 Å². The first kappa shape index (κ1) is 17.0. The average molecular weight is 343 g/mol. The number of nitrogens with zero attached hydrogens (tertiary/aromatic N) is 1. The van der Waals surface area contributed by atoms with Crippen LogP contribution < -0.4 is 5.32 Å². The van der Waals surface area contributed by atoms with Crippen LogP contribution in [-0.4, -0.2) is 17.0 Å². The Morgan fingerprint density at radius 2 is 1.88 bits per heavy atom. The maximum absolute atomic E-state index is 10.3. The number of benzene rings is 2. The molecule has 0 amide bonds. The van der Waals surface area contributed by atoms with E-state index in [2.05, 4.69) is 50.4 Å². The third kappa shape index (κ3) is 3.63. The van der Waals surface area contributed by atoms with Crippen molar-refractivity contribution in [2.75, 3.05) is 0 Å². The van der Waals surface area contributed by atoms with E-state index in [4.69, 9.17) is 16.6 Å². The maximum Gasteiger partial charge on any atom is 0.120 e. The summed E-state index contributed by atoms with van der Waals surface area (Å²) in [6.07, 6.45) is 0.735. The van der Waals surface area contributed by atoms with Crippen LogP contribution in [0.4, 0.5) is 0 Å². The average Bonchev–Trinajstić information content (AvgIpc) is 2.57. The number of aryl methyl sites for hydroxylation is 1. The van der Waals surface area contributed by atoms with Crippen LogP contribution in [0.5, 0.6) is 5.75 Å². The van der Waals surface area contributed by atoms with Crippen molar-refractivity contribution < 1.29 is 5.11 Å². The molecule has 0 spiro atoms. The molecule has 1 aliphatic heterocycles. The number of phenols is 1. The first-order valence-corrected chi connectivity index (χ1v) is 8.70. The summed E-state index contributed by atoms with van der Waals surface area (Å²) in [5.74, 6) is 0.624. The van der Waals surface area contributed by atoms with Crippen LogP contribution >= 0.6 is 11.6 Å². The number of hydrogen-bond donors (Lipinski definition) is 2. The lowest BCUT2D eigenvalue weighted by Gasteiger charge is -2.32. The largest absolute Gasteiger partial charge is 0.508 e. The van der Waals surface area contributed by atoms with Crippen LogP contribution in [-0.2, 0) is 0 Å². The summed E-state index contributed by atoms with van der Waals surface area (Å²) in [7, 11) is 0. The number of halogens is 1. The second kappa shape index (κ2) is 6.96. The Hall–Kier alpha value is -1.84. The second-order valence-electron chi connectivity index (χ2n) is 6.76. The molecule has 0 bridgehead atoms. The molecule has 0 aliphatic carbocycles. The molecule has 0 fully saturated rings. The highest BCUT2D eigenvalue weighted by atomic mass is 35.5. The van der Waals surface area contributed by atoms with Gasteiger partial charge in [-0.25, -0.2) is 0 Å². The summed E-state index contributed by atoms with van der Waals surface area (Å²) in [5.41, 5.74) is 4.27. The molecule has 2 atom stereocenters. The van der Waals surface area contributed by atoms with Crippen molar-refractivity contribution in [2.45, 2.75) is 39.4 Å². The van der Waals surface area contributed by atoms with Crippen LogP contribution in [0.15, 0.2) is 47.5 Å². The minimum absolute atomic E-state index is 0.00935. The molecule has 2 unspecified atom stereocenters. The summed E-state index contributed by atoms with van der Waals surface area (Å²) in [6, 6.07) is 13.6. The molecule has 0 saturated carbocycles. The Kier molecular flexibility index (Phi) is 4.93. The fraction of sp³-hybridized carbons (Fsp3) is 0.350. The molecule has 0 radical (unpaired) electrons. The van der Waals surface area contributed by atoms with Crippen LogP contribution in [0.2, 0.25) is 5.02 Å². The summed E-state index contributed by atoms with van der Waals surface area (Å²) in [6.45, 7) is 6.38. The monoisotopic (exact) mass is 342 g/mol. The van der Waals surface area contributed by atoms with Gasteiger partial charge >= 0.3 is 0 Å². The van der Waals surface area contributed by atoms with E-state index in [1.54, 1.807) is 12.1 Å². The Balaban J connectivity index is 1.97. The van der Waals surface area contributed by atoms with Crippen molar-refractivity contribution >= 4 is 17.3 Å². The molecule has 24 heavy (non-hydrogen) atoms. The number of phenolic OH excluding ortho intramolecular Hbond substituents is 1. The standard InChI is InChI=1S/C20H23ClN2O/c1-12(2)20-22-17(14-6-4-13(3)5-7-14)11-18(23-20)16-10-15(21)8-9-19(16)24/h4-10,12,18,20,23-24H,11H2,1-3H3. The van der Waals surface area contributed by atoms with Crippen LogP contribution in [0.3, 0.4) is 0 Å².